The van der Waals surface area contributed by atoms with E-state index in [2.05, 4.69) is 4.98 Å². The summed E-state index contributed by atoms with van der Waals surface area (Å²) >= 11 is 0. The number of aromatic nitrogens is 1. The van der Waals surface area contributed by atoms with Crippen LogP contribution in [0.3, 0.4) is 0 Å². The molecular weight excluding hydrogens is 357 g/mol. The van der Waals surface area contributed by atoms with Gasteiger partial charge in [0.15, 0.2) is 6.29 Å². The van der Waals surface area contributed by atoms with Gasteiger partial charge in [0.25, 0.3) is 0 Å². The first-order valence-electron chi connectivity index (χ1n) is 9.97. The van der Waals surface area contributed by atoms with Crippen molar-refractivity contribution in [1.82, 2.24) is 4.98 Å². The number of benzene rings is 1. The van der Waals surface area contributed by atoms with E-state index in [1.165, 1.54) is 0 Å². The van der Waals surface area contributed by atoms with Gasteiger partial charge in [-0.3, -0.25) is 0 Å². The predicted molar refractivity (Wildman–Crippen MR) is 108 cm³/mol. The molecule has 0 radical (unpaired) electrons. The first-order valence-corrected chi connectivity index (χ1v) is 9.97. The van der Waals surface area contributed by atoms with Gasteiger partial charge in [-0.2, -0.15) is 0 Å². The van der Waals surface area contributed by atoms with Gasteiger partial charge in [0.1, 0.15) is 0 Å². The zero-order valence-corrected chi connectivity index (χ0v) is 17.0. The van der Waals surface area contributed by atoms with Crippen LogP contribution in [0.5, 0.6) is 5.88 Å². The first-order chi connectivity index (χ1) is 13.3. The number of hydrogen-bond donors (Lipinski definition) is 1. The van der Waals surface area contributed by atoms with Crippen LogP contribution in [0.1, 0.15) is 52.5 Å². The molecular formula is C21H28BNO5. The molecule has 3 heterocycles. The second-order valence-corrected chi connectivity index (χ2v) is 8.57. The van der Waals surface area contributed by atoms with Crippen LogP contribution < -0.4 is 5.46 Å². The van der Waals surface area contributed by atoms with E-state index in [0.717, 1.165) is 42.3 Å². The Bertz CT molecular complexity index is 847. The molecule has 6 nitrogen and oxygen atoms in total. The largest absolute Gasteiger partial charge is 0.495 e. The summed E-state index contributed by atoms with van der Waals surface area (Å²) in [5.41, 5.74) is 1.66. The number of ether oxygens (including phenoxy) is 2. The molecule has 1 aromatic heterocycles. The fraction of sp³-hybridized carbons (Fsp3) is 0.571. The molecule has 2 aromatic rings. The average molecular weight is 385 g/mol. The summed E-state index contributed by atoms with van der Waals surface area (Å²) in [5, 5.41) is 10.8. The lowest BCUT2D eigenvalue weighted by Gasteiger charge is -2.32. The Labute approximate surface area is 166 Å². The summed E-state index contributed by atoms with van der Waals surface area (Å²) in [7, 11) is -0.490. The lowest BCUT2D eigenvalue weighted by molar-refractivity contribution is -0.168. The van der Waals surface area contributed by atoms with Crippen LogP contribution in [-0.4, -0.2) is 41.3 Å². The summed E-state index contributed by atoms with van der Waals surface area (Å²) in [6, 6.07) is 7.42. The van der Waals surface area contributed by atoms with Crippen molar-refractivity contribution < 1.29 is 23.9 Å². The average Bonchev–Trinajstić information content (AvgIpc) is 2.87. The fourth-order valence-electron chi connectivity index (χ4n) is 3.60. The van der Waals surface area contributed by atoms with Gasteiger partial charge in [0, 0.05) is 23.6 Å². The highest BCUT2D eigenvalue weighted by Crippen LogP contribution is 2.37. The lowest BCUT2D eigenvalue weighted by Crippen LogP contribution is -2.41. The van der Waals surface area contributed by atoms with E-state index in [-0.39, 0.29) is 12.2 Å². The van der Waals surface area contributed by atoms with Crippen molar-refractivity contribution in [3.63, 3.8) is 0 Å². The van der Waals surface area contributed by atoms with Gasteiger partial charge in [0.2, 0.25) is 5.88 Å². The number of nitrogens with zero attached hydrogens (tertiary/aromatic N) is 1. The third-order valence-corrected chi connectivity index (χ3v) is 6.03. The summed E-state index contributed by atoms with van der Waals surface area (Å²) in [6.07, 6.45) is 2.93. The topological polar surface area (TPSA) is 70.0 Å². The summed E-state index contributed by atoms with van der Waals surface area (Å²) < 4.78 is 24.0. The third-order valence-electron chi connectivity index (χ3n) is 6.03. The molecule has 2 aliphatic rings. The molecule has 1 atom stereocenters. The Morgan fingerprint density at radius 3 is 2.54 bits per heavy atom. The van der Waals surface area contributed by atoms with Gasteiger partial charge in [-0.05, 0) is 58.5 Å². The number of rotatable bonds is 4. The molecule has 0 amide bonds. The van der Waals surface area contributed by atoms with Crippen LogP contribution in [0.2, 0.25) is 0 Å². The van der Waals surface area contributed by atoms with Gasteiger partial charge in [0.05, 0.1) is 23.3 Å². The van der Waals surface area contributed by atoms with Crippen molar-refractivity contribution in [3.8, 4) is 5.88 Å². The normalized spacial score (nSPS) is 24.0. The molecule has 0 aliphatic carbocycles. The van der Waals surface area contributed by atoms with Gasteiger partial charge in [-0.25, -0.2) is 4.98 Å². The molecule has 28 heavy (non-hydrogen) atoms. The summed E-state index contributed by atoms with van der Waals surface area (Å²) in [5.74, 6) is -0.0197. The SMILES string of the molecule is CC1(C)OB(c2ccc(COC3CCCCO3)c3nc(O)ccc23)OC1(C)C. The highest BCUT2D eigenvalue weighted by Gasteiger charge is 2.52. The number of pyridine rings is 1. The molecule has 7 heteroatoms. The van der Waals surface area contributed by atoms with Crippen LogP contribution in [-0.2, 0) is 25.4 Å². The van der Waals surface area contributed by atoms with Crippen LogP contribution in [0.25, 0.3) is 10.9 Å². The molecule has 4 rings (SSSR count). The Balaban J connectivity index is 1.65. The van der Waals surface area contributed by atoms with Crippen LogP contribution >= 0.6 is 0 Å². The minimum absolute atomic E-state index is 0.0197. The smallest absolute Gasteiger partial charge is 0.493 e. The highest BCUT2D eigenvalue weighted by molar-refractivity contribution is 6.65. The van der Waals surface area contributed by atoms with Crippen molar-refractivity contribution >= 4 is 23.5 Å². The highest BCUT2D eigenvalue weighted by atomic mass is 16.7. The van der Waals surface area contributed by atoms with E-state index in [0.29, 0.717) is 12.1 Å². The maximum absolute atomic E-state index is 9.95. The summed E-state index contributed by atoms with van der Waals surface area (Å²) in [6.45, 7) is 9.25. The van der Waals surface area contributed by atoms with E-state index in [9.17, 15) is 5.11 Å². The first kappa shape index (κ1) is 19.6. The molecule has 2 saturated heterocycles. The quantitative estimate of drug-likeness (QED) is 0.815. The van der Waals surface area contributed by atoms with Gasteiger partial charge in [-0.15, -0.1) is 0 Å². The van der Waals surface area contributed by atoms with E-state index in [1.54, 1.807) is 6.07 Å². The Morgan fingerprint density at radius 2 is 1.86 bits per heavy atom. The van der Waals surface area contributed by atoms with Crippen LogP contribution in [0, 0.1) is 0 Å². The maximum Gasteiger partial charge on any atom is 0.495 e. The van der Waals surface area contributed by atoms with E-state index in [4.69, 9.17) is 18.8 Å². The Morgan fingerprint density at radius 1 is 1.11 bits per heavy atom. The monoisotopic (exact) mass is 385 g/mol. The van der Waals surface area contributed by atoms with Crippen LogP contribution in [0.15, 0.2) is 24.3 Å². The van der Waals surface area contributed by atoms with Crippen molar-refractivity contribution in [3.05, 3.63) is 29.8 Å². The molecule has 1 N–H and O–H groups in total. The van der Waals surface area contributed by atoms with Crippen molar-refractivity contribution in [2.24, 2.45) is 0 Å². The molecule has 0 spiro atoms. The Hall–Kier alpha value is -1.67. The van der Waals surface area contributed by atoms with E-state index >= 15 is 0 Å². The van der Waals surface area contributed by atoms with Crippen LogP contribution in [0.4, 0.5) is 0 Å². The second-order valence-electron chi connectivity index (χ2n) is 8.57. The molecule has 0 saturated carbocycles. The minimum Gasteiger partial charge on any atom is -0.493 e. The molecule has 0 bridgehead atoms. The number of fused-ring (bicyclic) bond motifs is 1. The zero-order chi connectivity index (χ0) is 19.9. The van der Waals surface area contributed by atoms with Crippen molar-refractivity contribution in [1.29, 1.82) is 0 Å². The van der Waals surface area contributed by atoms with Crippen molar-refractivity contribution in [2.75, 3.05) is 6.61 Å². The minimum atomic E-state index is -0.490. The second kappa shape index (κ2) is 7.30. The van der Waals surface area contributed by atoms with E-state index < -0.39 is 18.3 Å². The molecule has 2 fully saturated rings. The van der Waals surface area contributed by atoms with E-state index in [1.807, 2.05) is 45.9 Å². The van der Waals surface area contributed by atoms with Gasteiger partial charge >= 0.3 is 7.12 Å². The summed E-state index contributed by atoms with van der Waals surface area (Å²) in [4.78, 5) is 4.37. The number of hydrogen-bond acceptors (Lipinski definition) is 6. The lowest BCUT2D eigenvalue weighted by atomic mass is 9.76. The Kier molecular flexibility index (Phi) is 5.12. The predicted octanol–water partition coefficient (Wildman–Crippen LogP) is 3.28. The number of aromatic hydroxyl groups is 1. The molecule has 1 unspecified atom stereocenters. The maximum atomic E-state index is 9.95. The standard InChI is InChI=1S/C21H28BNO5/c1-20(2)21(3,4)28-22(27-20)16-10-8-14(13-26-18-7-5-6-12-25-18)19-15(16)9-11-17(24)23-19/h8-11,18H,5-7,12-13H2,1-4H3,(H,23,24). The molecule has 2 aliphatic heterocycles. The van der Waals surface area contributed by atoms with Gasteiger partial charge < -0.3 is 23.9 Å². The zero-order valence-electron chi connectivity index (χ0n) is 17.0. The third kappa shape index (κ3) is 3.64. The van der Waals surface area contributed by atoms with Gasteiger partial charge in [-0.1, -0.05) is 12.1 Å². The molecule has 1 aromatic carbocycles. The molecule has 150 valence electrons. The fourth-order valence-corrected chi connectivity index (χ4v) is 3.60. The van der Waals surface area contributed by atoms with Crippen molar-refractivity contribution in [2.45, 2.75) is 71.1 Å².